The molecule has 1 amide bonds. The Morgan fingerprint density at radius 2 is 2.22 bits per heavy atom. The maximum Gasteiger partial charge on any atom is 0.408 e. The average molecular weight is 255 g/mol. The first kappa shape index (κ1) is 14.6. The van der Waals surface area contributed by atoms with E-state index in [0.29, 0.717) is 5.76 Å². The highest BCUT2D eigenvalue weighted by atomic mass is 16.6. The van der Waals surface area contributed by atoms with Crippen LogP contribution in [-0.2, 0) is 4.74 Å². The summed E-state index contributed by atoms with van der Waals surface area (Å²) in [5.41, 5.74) is -0.555. The molecule has 1 aromatic heterocycles. The van der Waals surface area contributed by atoms with Crippen LogP contribution >= 0.6 is 0 Å². The number of nitrogens with one attached hydrogen (secondary N) is 1. The number of amides is 1. The molecule has 0 radical (unpaired) electrons. The summed E-state index contributed by atoms with van der Waals surface area (Å²) in [4.78, 5) is 11.7. The summed E-state index contributed by atoms with van der Waals surface area (Å²) in [5.74, 6) is 0.436. The second kappa shape index (κ2) is 5.91. The second-order valence-corrected chi connectivity index (χ2v) is 5.30. The molecule has 1 aromatic rings. The molecule has 0 saturated carbocycles. The van der Waals surface area contributed by atoms with Crippen LogP contribution in [0.1, 0.15) is 39.5 Å². The molecule has 0 saturated heterocycles. The first-order valence-electron chi connectivity index (χ1n) is 5.97. The molecule has 0 aliphatic heterocycles. The molecule has 0 unspecified atom stereocenters. The molecule has 0 fully saturated rings. The first-order valence-corrected chi connectivity index (χ1v) is 5.97. The molecule has 5 heteroatoms. The zero-order valence-electron chi connectivity index (χ0n) is 11.3. The number of carbonyl (C=O) groups excluding carboxylic acids is 1. The average Bonchev–Trinajstić information content (AvgIpc) is 2.75. The van der Waals surface area contributed by atoms with Crippen LogP contribution in [0.5, 0.6) is 0 Å². The highest BCUT2D eigenvalue weighted by Crippen LogP contribution is 2.22. The Kier molecular flexibility index (Phi) is 4.78. The molecule has 0 spiro atoms. The molecule has 2 N–H and O–H groups in total. The molecule has 102 valence electrons. The normalized spacial score (nSPS) is 14.9. The van der Waals surface area contributed by atoms with Crippen LogP contribution in [0.25, 0.3) is 0 Å². The lowest BCUT2D eigenvalue weighted by molar-refractivity contribution is 0.0464. The van der Waals surface area contributed by atoms with Gasteiger partial charge < -0.3 is 19.6 Å². The fourth-order valence-corrected chi connectivity index (χ4v) is 1.50. The van der Waals surface area contributed by atoms with Gasteiger partial charge in [0.25, 0.3) is 0 Å². The minimum atomic E-state index is -0.555. The molecule has 0 aliphatic rings. The zero-order valence-corrected chi connectivity index (χ0v) is 11.3. The lowest BCUT2D eigenvalue weighted by Crippen LogP contribution is -2.37. The van der Waals surface area contributed by atoms with Gasteiger partial charge in [-0.05, 0) is 32.9 Å². The number of rotatable bonds is 4. The molecular weight excluding hydrogens is 234 g/mol. The highest BCUT2D eigenvalue weighted by molar-refractivity contribution is 5.68. The molecule has 18 heavy (non-hydrogen) atoms. The van der Waals surface area contributed by atoms with E-state index in [4.69, 9.17) is 9.15 Å². The number of carbonyl (C=O) groups is 1. The van der Waals surface area contributed by atoms with Crippen LogP contribution in [0.4, 0.5) is 4.79 Å². The summed E-state index contributed by atoms with van der Waals surface area (Å²) in [6, 6.07) is 3.09. The number of aliphatic hydroxyl groups is 1. The molecule has 0 aliphatic carbocycles. The van der Waals surface area contributed by atoms with Crippen LogP contribution in [0, 0.1) is 5.92 Å². The van der Waals surface area contributed by atoms with E-state index in [1.54, 1.807) is 32.9 Å². The van der Waals surface area contributed by atoms with Crippen molar-refractivity contribution >= 4 is 6.09 Å². The van der Waals surface area contributed by atoms with Gasteiger partial charge in [0.2, 0.25) is 0 Å². The monoisotopic (exact) mass is 255 g/mol. The number of aliphatic hydroxyl groups excluding tert-OH is 1. The zero-order chi connectivity index (χ0) is 13.8. The quantitative estimate of drug-likeness (QED) is 0.867. The van der Waals surface area contributed by atoms with Crippen molar-refractivity contribution in [3.05, 3.63) is 24.2 Å². The smallest absolute Gasteiger partial charge is 0.408 e. The molecule has 0 bridgehead atoms. The van der Waals surface area contributed by atoms with E-state index < -0.39 is 17.7 Å². The molecular formula is C13H21NO4. The van der Waals surface area contributed by atoms with Crippen molar-refractivity contribution in [3.63, 3.8) is 0 Å². The summed E-state index contributed by atoms with van der Waals surface area (Å²) in [6.07, 6.45) is 1.01. The Bertz CT molecular complexity index is 367. The van der Waals surface area contributed by atoms with E-state index in [2.05, 4.69) is 5.32 Å². The number of alkyl carbamates (subject to hydrolysis) is 1. The van der Waals surface area contributed by atoms with Crippen LogP contribution in [0.3, 0.4) is 0 Å². The van der Waals surface area contributed by atoms with E-state index in [0.717, 1.165) is 0 Å². The van der Waals surface area contributed by atoms with Gasteiger partial charge in [0.05, 0.1) is 12.3 Å². The van der Waals surface area contributed by atoms with Gasteiger partial charge in [-0.2, -0.15) is 0 Å². The maximum atomic E-state index is 11.7. The van der Waals surface area contributed by atoms with Crippen molar-refractivity contribution in [2.45, 2.75) is 39.3 Å². The van der Waals surface area contributed by atoms with Crippen LogP contribution in [0.15, 0.2) is 22.8 Å². The van der Waals surface area contributed by atoms with Crippen molar-refractivity contribution in [1.82, 2.24) is 5.32 Å². The Labute approximate surface area is 107 Å². The third kappa shape index (κ3) is 4.41. The molecule has 0 aromatic carbocycles. The summed E-state index contributed by atoms with van der Waals surface area (Å²) < 4.78 is 10.5. The predicted octanol–water partition coefficient (Wildman–Crippen LogP) is 2.47. The Balaban J connectivity index is 2.71. The van der Waals surface area contributed by atoms with E-state index in [9.17, 15) is 9.90 Å². The fourth-order valence-electron chi connectivity index (χ4n) is 1.50. The van der Waals surface area contributed by atoms with Gasteiger partial charge in [0, 0.05) is 12.5 Å². The Hall–Kier alpha value is -1.49. The fraction of sp³-hybridized carbons (Fsp3) is 0.615. The van der Waals surface area contributed by atoms with Gasteiger partial charge in [-0.15, -0.1) is 0 Å². The van der Waals surface area contributed by atoms with Gasteiger partial charge in [0.1, 0.15) is 11.4 Å². The van der Waals surface area contributed by atoms with Crippen molar-refractivity contribution in [1.29, 1.82) is 0 Å². The lowest BCUT2D eigenvalue weighted by Gasteiger charge is -2.25. The summed E-state index contributed by atoms with van der Waals surface area (Å²) in [7, 11) is 0. The topological polar surface area (TPSA) is 71.7 Å². The largest absolute Gasteiger partial charge is 0.467 e. The third-order valence-electron chi connectivity index (χ3n) is 2.38. The van der Waals surface area contributed by atoms with Crippen LogP contribution in [0.2, 0.25) is 0 Å². The molecule has 1 rings (SSSR count). The maximum absolute atomic E-state index is 11.7. The van der Waals surface area contributed by atoms with E-state index in [1.165, 1.54) is 6.26 Å². The van der Waals surface area contributed by atoms with Gasteiger partial charge in [-0.1, -0.05) is 6.92 Å². The number of hydrogen-bond donors (Lipinski definition) is 2. The Morgan fingerprint density at radius 3 is 2.67 bits per heavy atom. The van der Waals surface area contributed by atoms with E-state index in [1.807, 2.05) is 6.92 Å². The molecule has 2 atom stereocenters. The second-order valence-electron chi connectivity index (χ2n) is 5.30. The van der Waals surface area contributed by atoms with Crippen molar-refractivity contribution in [2.24, 2.45) is 5.92 Å². The SMILES string of the molecule is C[C@@H](CO)[C@H](NC(=O)OC(C)(C)C)c1ccco1. The number of hydrogen-bond acceptors (Lipinski definition) is 4. The summed E-state index contributed by atoms with van der Waals surface area (Å²) in [6.45, 7) is 7.16. The summed E-state index contributed by atoms with van der Waals surface area (Å²) >= 11 is 0. The molecule has 5 nitrogen and oxygen atoms in total. The first-order chi connectivity index (χ1) is 8.33. The Morgan fingerprint density at radius 1 is 1.56 bits per heavy atom. The lowest BCUT2D eigenvalue weighted by atomic mass is 10.0. The third-order valence-corrected chi connectivity index (χ3v) is 2.38. The van der Waals surface area contributed by atoms with Crippen LogP contribution < -0.4 is 5.32 Å². The minimum Gasteiger partial charge on any atom is -0.467 e. The van der Waals surface area contributed by atoms with Gasteiger partial charge in [-0.3, -0.25) is 0 Å². The standard InChI is InChI=1S/C13H21NO4/c1-9(8-15)11(10-6-5-7-17-10)14-12(16)18-13(2,3)4/h5-7,9,11,15H,8H2,1-4H3,(H,14,16)/t9-,11-/m0/s1. The molecule has 1 heterocycles. The summed E-state index contributed by atoms with van der Waals surface area (Å²) in [5, 5.41) is 11.9. The van der Waals surface area contributed by atoms with Gasteiger partial charge in [-0.25, -0.2) is 4.79 Å². The highest BCUT2D eigenvalue weighted by Gasteiger charge is 2.26. The van der Waals surface area contributed by atoms with Crippen molar-refractivity contribution < 1.29 is 19.1 Å². The van der Waals surface area contributed by atoms with Gasteiger partial charge >= 0.3 is 6.09 Å². The van der Waals surface area contributed by atoms with E-state index >= 15 is 0 Å². The minimum absolute atomic E-state index is 0.0544. The number of furan rings is 1. The van der Waals surface area contributed by atoms with Crippen molar-refractivity contribution in [3.8, 4) is 0 Å². The number of ether oxygens (including phenoxy) is 1. The predicted molar refractivity (Wildman–Crippen MR) is 67.1 cm³/mol. The van der Waals surface area contributed by atoms with E-state index in [-0.39, 0.29) is 12.5 Å². The van der Waals surface area contributed by atoms with Crippen LogP contribution in [-0.4, -0.2) is 23.4 Å². The van der Waals surface area contributed by atoms with Gasteiger partial charge in [0.15, 0.2) is 0 Å². The van der Waals surface area contributed by atoms with Crippen molar-refractivity contribution in [2.75, 3.05) is 6.61 Å².